The minimum atomic E-state index is -0.680. The SMILES string of the molecule is CC(C)(C)c1ccccc1NC(=O)c1cc(F)c(Cl)cc1Cl. The normalized spacial score (nSPS) is 11.4. The Bertz CT molecular complexity index is 723. The van der Waals surface area contributed by atoms with Gasteiger partial charge in [0.2, 0.25) is 0 Å². The molecule has 1 N–H and O–H groups in total. The molecular formula is C17H16Cl2FNO. The maximum absolute atomic E-state index is 13.6. The Morgan fingerprint density at radius 3 is 2.36 bits per heavy atom. The van der Waals surface area contributed by atoms with Crippen LogP contribution in [0.3, 0.4) is 0 Å². The third-order valence-corrected chi connectivity index (χ3v) is 3.84. The maximum Gasteiger partial charge on any atom is 0.257 e. The number of hydrogen-bond acceptors (Lipinski definition) is 1. The number of rotatable bonds is 2. The van der Waals surface area contributed by atoms with Gasteiger partial charge >= 0.3 is 0 Å². The van der Waals surface area contributed by atoms with Crippen molar-refractivity contribution in [2.45, 2.75) is 26.2 Å². The zero-order valence-electron chi connectivity index (χ0n) is 12.5. The second-order valence-corrected chi connectivity index (χ2v) is 6.81. The van der Waals surface area contributed by atoms with E-state index in [2.05, 4.69) is 5.32 Å². The van der Waals surface area contributed by atoms with E-state index in [1.807, 2.05) is 39.0 Å². The van der Waals surface area contributed by atoms with Crippen LogP contribution in [-0.4, -0.2) is 5.91 Å². The van der Waals surface area contributed by atoms with Crippen LogP contribution in [0.4, 0.5) is 10.1 Å². The highest BCUT2D eigenvalue weighted by molar-refractivity contribution is 6.37. The largest absolute Gasteiger partial charge is 0.322 e. The molecule has 5 heteroatoms. The summed E-state index contributed by atoms with van der Waals surface area (Å²) in [5.41, 5.74) is 1.56. The van der Waals surface area contributed by atoms with Gasteiger partial charge in [0.25, 0.3) is 5.91 Å². The third kappa shape index (κ3) is 3.60. The van der Waals surface area contributed by atoms with Crippen LogP contribution in [-0.2, 0) is 5.41 Å². The fraction of sp³-hybridized carbons (Fsp3) is 0.235. The molecule has 0 aliphatic rings. The van der Waals surface area contributed by atoms with E-state index >= 15 is 0 Å². The minimum Gasteiger partial charge on any atom is -0.322 e. The number of benzene rings is 2. The Morgan fingerprint density at radius 2 is 1.73 bits per heavy atom. The average Bonchev–Trinajstić information content (AvgIpc) is 2.42. The van der Waals surface area contributed by atoms with Gasteiger partial charge < -0.3 is 5.32 Å². The third-order valence-electron chi connectivity index (χ3n) is 3.24. The van der Waals surface area contributed by atoms with E-state index in [-0.39, 0.29) is 21.0 Å². The second kappa shape index (κ2) is 6.27. The second-order valence-electron chi connectivity index (χ2n) is 6.00. The van der Waals surface area contributed by atoms with Gasteiger partial charge in [-0.05, 0) is 29.2 Å². The molecule has 0 saturated heterocycles. The first-order chi connectivity index (χ1) is 10.2. The first-order valence-corrected chi connectivity index (χ1v) is 7.51. The van der Waals surface area contributed by atoms with Crippen molar-refractivity contribution in [3.8, 4) is 0 Å². The van der Waals surface area contributed by atoms with Crippen molar-refractivity contribution in [3.63, 3.8) is 0 Å². The lowest BCUT2D eigenvalue weighted by Gasteiger charge is -2.23. The summed E-state index contributed by atoms with van der Waals surface area (Å²) in [6.45, 7) is 6.15. The summed E-state index contributed by atoms with van der Waals surface area (Å²) in [4.78, 5) is 12.4. The van der Waals surface area contributed by atoms with Crippen LogP contribution in [0.1, 0.15) is 36.7 Å². The fourth-order valence-corrected chi connectivity index (χ4v) is 2.60. The fourth-order valence-electron chi connectivity index (χ4n) is 2.13. The Hall–Kier alpha value is -1.58. The molecule has 1 amide bonds. The molecule has 0 bridgehead atoms. The molecule has 2 rings (SSSR count). The Balaban J connectivity index is 2.37. The topological polar surface area (TPSA) is 29.1 Å². The molecule has 0 aliphatic carbocycles. The molecule has 116 valence electrons. The molecule has 0 atom stereocenters. The predicted molar refractivity (Wildman–Crippen MR) is 89.5 cm³/mol. The lowest BCUT2D eigenvalue weighted by atomic mass is 9.86. The minimum absolute atomic E-state index is 0.0484. The zero-order valence-corrected chi connectivity index (χ0v) is 14.0. The van der Waals surface area contributed by atoms with E-state index in [4.69, 9.17) is 23.2 Å². The van der Waals surface area contributed by atoms with Crippen LogP contribution < -0.4 is 5.32 Å². The highest BCUT2D eigenvalue weighted by Gasteiger charge is 2.20. The smallest absolute Gasteiger partial charge is 0.257 e. The van der Waals surface area contributed by atoms with Crippen molar-refractivity contribution in [2.75, 3.05) is 5.32 Å². The molecule has 0 aromatic heterocycles. The van der Waals surface area contributed by atoms with E-state index in [9.17, 15) is 9.18 Å². The molecule has 0 heterocycles. The van der Waals surface area contributed by atoms with Gasteiger partial charge in [0.05, 0.1) is 15.6 Å². The summed E-state index contributed by atoms with van der Waals surface area (Å²) in [7, 11) is 0. The summed E-state index contributed by atoms with van der Waals surface area (Å²) >= 11 is 11.6. The highest BCUT2D eigenvalue weighted by atomic mass is 35.5. The standard InChI is InChI=1S/C17H16Cl2FNO/c1-17(2,3)11-6-4-5-7-15(11)21-16(22)10-8-14(20)13(19)9-12(10)18/h4-9H,1-3H3,(H,21,22). The van der Waals surface area contributed by atoms with Gasteiger partial charge in [0, 0.05) is 5.69 Å². The van der Waals surface area contributed by atoms with Crippen molar-refractivity contribution in [3.05, 3.63) is 63.4 Å². The lowest BCUT2D eigenvalue weighted by Crippen LogP contribution is -2.19. The molecule has 0 radical (unpaired) electrons. The lowest BCUT2D eigenvalue weighted by molar-refractivity contribution is 0.102. The van der Waals surface area contributed by atoms with Crippen LogP contribution in [0.2, 0.25) is 10.0 Å². The van der Waals surface area contributed by atoms with Gasteiger partial charge in [-0.15, -0.1) is 0 Å². The van der Waals surface area contributed by atoms with Gasteiger partial charge in [-0.2, -0.15) is 0 Å². The van der Waals surface area contributed by atoms with Crippen LogP contribution >= 0.6 is 23.2 Å². The monoisotopic (exact) mass is 339 g/mol. The predicted octanol–water partition coefficient (Wildman–Crippen LogP) is 5.68. The van der Waals surface area contributed by atoms with Crippen LogP contribution in [0.15, 0.2) is 36.4 Å². The first kappa shape index (κ1) is 16.8. The summed E-state index contributed by atoms with van der Waals surface area (Å²) in [6, 6.07) is 9.75. The number of carbonyl (C=O) groups is 1. The van der Waals surface area contributed by atoms with Crippen molar-refractivity contribution in [2.24, 2.45) is 0 Å². The number of nitrogens with one attached hydrogen (secondary N) is 1. The van der Waals surface area contributed by atoms with E-state index in [1.165, 1.54) is 6.07 Å². The van der Waals surface area contributed by atoms with Gasteiger partial charge in [0.15, 0.2) is 0 Å². The molecular weight excluding hydrogens is 324 g/mol. The molecule has 0 spiro atoms. The number of anilines is 1. The summed E-state index contributed by atoms with van der Waals surface area (Å²) in [6.07, 6.45) is 0. The Labute approximate surface area is 139 Å². The first-order valence-electron chi connectivity index (χ1n) is 6.75. The molecule has 0 aliphatic heterocycles. The van der Waals surface area contributed by atoms with Crippen molar-refractivity contribution >= 4 is 34.8 Å². The number of para-hydroxylation sites is 1. The Morgan fingerprint density at radius 1 is 1.09 bits per heavy atom. The van der Waals surface area contributed by atoms with E-state index < -0.39 is 11.7 Å². The number of halogens is 3. The number of carbonyl (C=O) groups excluding carboxylic acids is 1. The average molecular weight is 340 g/mol. The number of hydrogen-bond donors (Lipinski definition) is 1. The van der Waals surface area contributed by atoms with E-state index in [0.29, 0.717) is 5.69 Å². The summed E-state index contributed by atoms with van der Waals surface area (Å²) < 4.78 is 13.6. The molecule has 0 unspecified atom stereocenters. The zero-order chi connectivity index (χ0) is 16.5. The molecule has 0 fully saturated rings. The van der Waals surface area contributed by atoms with Crippen molar-refractivity contribution in [1.29, 1.82) is 0 Å². The molecule has 2 aromatic carbocycles. The Kier molecular flexibility index (Phi) is 4.78. The quantitative estimate of drug-likeness (QED) is 0.700. The van der Waals surface area contributed by atoms with Gasteiger partial charge in [-0.3, -0.25) is 4.79 Å². The van der Waals surface area contributed by atoms with E-state index in [0.717, 1.165) is 11.6 Å². The van der Waals surface area contributed by atoms with Crippen LogP contribution in [0.25, 0.3) is 0 Å². The summed E-state index contributed by atoms with van der Waals surface area (Å²) in [5.74, 6) is -1.16. The summed E-state index contributed by atoms with van der Waals surface area (Å²) in [5, 5.41) is 2.78. The van der Waals surface area contributed by atoms with Crippen LogP contribution in [0.5, 0.6) is 0 Å². The van der Waals surface area contributed by atoms with Crippen molar-refractivity contribution < 1.29 is 9.18 Å². The molecule has 22 heavy (non-hydrogen) atoms. The molecule has 2 aromatic rings. The molecule has 2 nitrogen and oxygen atoms in total. The highest BCUT2D eigenvalue weighted by Crippen LogP contribution is 2.30. The van der Waals surface area contributed by atoms with Crippen LogP contribution in [0, 0.1) is 5.82 Å². The number of amides is 1. The van der Waals surface area contributed by atoms with Crippen molar-refractivity contribution in [1.82, 2.24) is 0 Å². The van der Waals surface area contributed by atoms with Gasteiger partial charge in [-0.1, -0.05) is 62.2 Å². The van der Waals surface area contributed by atoms with Gasteiger partial charge in [-0.25, -0.2) is 4.39 Å². The molecule has 0 saturated carbocycles. The van der Waals surface area contributed by atoms with E-state index in [1.54, 1.807) is 6.07 Å². The van der Waals surface area contributed by atoms with Gasteiger partial charge in [0.1, 0.15) is 5.82 Å². The maximum atomic E-state index is 13.6.